The summed E-state index contributed by atoms with van der Waals surface area (Å²) in [4.78, 5) is 14.6. The number of nitrogen functional groups attached to an aromatic ring is 1. The maximum absolute atomic E-state index is 5.75. The molecule has 0 unspecified atom stereocenters. The molecule has 104 valence electrons. The number of aromatic nitrogens is 4. The number of hydrogen-bond donors (Lipinski definition) is 1. The fraction of sp³-hybridized carbons (Fsp3) is 0.583. The second-order valence-corrected chi connectivity index (χ2v) is 4.52. The zero-order valence-electron chi connectivity index (χ0n) is 11.4. The number of rotatable bonds is 7. The molecule has 0 radical (unpaired) electrons. The number of anilines is 1. The van der Waals surface area contributed by atoms with Gasteiger partial charge in [-0.2, -0.15) is 0 Å². The van der Waals surface area contributed by atoms with Crippen LogP contribution in [0.1, 0.15) is 6.42 Å². The second kappa shape index (κ2) is 6.44. The van der Waals surface area contributed by atoms with Crippen LogP contribution in [-0.4, -0.2) is 58.3 Å². The van der Waals surface area contributed by atoms with Crippen molar-refractivity contribution in [2.45, 2.75) is 13.0 Å². The van der Waals surface area contributed by atoms with Crippen LogP contribution in [0.15, 0.2) is 12.7 Å². The summed E-state index contributed by atoms with van der Waals surface area (Å²) in [6, 6.07) is 0. The van der Waals surface area contributed by atoms with Gasteiger partial charge in [0.2, 0.25) is 0 Å². The number of nitrogens with two attached hydrogens (primary N) is 1. The van der Waals surface area contributed by atoms with E-state index in [1.165, 1.54) is 6.33 Å². The van der Waals surface area contributed by atoms with Crippen LogP contribution in [-0.2, 0) is 11.3 Å². The van der Waals surface area contributed by atoms with Crippen LogP contribution in [0.5, 0.6) is 0 Å². The molecule has 7 heteroatoms. The minimum absolute atomic E-state index is 0.431. The minimum Gasteiger partial charge on any atom is -0.383 e. The highest BCUT2D eigenvalue weighted by molar-refractivity contribution is 5.80. The maximum atomic E-state index is 5.75. The first kappa shape index (κ1) is 13.7. The zero-order valence-corrected chi connectivity index (χ0v) is 11.4. The molecule has 2 heterocycles. The summed E-state index contributed by atoms with van der Waals surface area (Å²) in [7, 11) is 3.81. The van der Waals surface area contributed by atoms with Crippen molar-refractivity contribution < 1.29 is 4.74 Å². The van der Waals surface area contributed by atoms with E-state index in [1.54, 1.807) is 13.4 Å². The number of ether oxygens (including phenoxy) is 1. The van der Waals surface area contributed by atoms with E-state index in [2.05, 4.69) is 26.9 Å². The fourth-order valence-electron chi connectivity index (χ4n) is 1.93. The molecule has 2 rings (SSSR count). The van der Waals surface area contributed by atoms with E-state index >= 15 is 0 Å². The van der Waals surface area contributed by atoms with Crippen molar-refractivity contribution in [1.29, 1.82) is 0 Å². The maximum Gasteiger partial charge on any atom is 0.165 e. The standard InChI is InChI=1S/C12H20N6O/c1-17(6-7-19-2)4-3-5-18-9-16-10-11(13)14-8-15-12(10)18/h8-9H,3-7H2,1-2H3,(H2,13,14,15). The number of hydrogen-bond acceptors (Lipinski definition) is 6. The molecule has 0 spiro atoms. The Kier molecular flexibility index (Phi) is 4.64. The van der Waals surface area contributed by atoms with E-state index in [4.69, 9.17) is 10.5 Å². The van der Waals surface area contributed by atoms with Gasteiger partial charge in [-0.25, -0.2) is 15.0 Å². The van der Waals surface area contributed by atoms with Crippen LogP contribution in [0, 0.1) is 0 Å². The summed E-state index contributed by atoms with van der Waals surface area (Å²) in [6.45, 7) is 3.57. The Morgan fingerprint density at radius 1 is 1.32 bits per heavy atom. The Balaban J connectivity index is 1.90. The van der Waals surface area contributed by atoms with Crippen molar-refractivity contribution in [3.05, 3.63) is 12.7 Å². The highest BCUT2D eigenvalue weighted by atomic mass is 16.5. The van der Waals surface area contributed by atoms with Crippen molar-refractivity contribution in [2.24, 2.45) is 0 Å². The van der Waals surface area contributed by atoms with Crippen LogP contribution in [0.25, 0.3) is 11.2 Å². The van der Waals surface area contributed by atoms with Gasteiger partial charge in [-0.05, 0) is 20.0 Å². The van der Waals surface area contributed by atoms with E-state index in [9.17, 15) is 0 Å². The average Bonchev–Trinajstić information content (AvgIpc) is 2.81. The Labute approximate surface area is 112 Å². The molecule has 0 atom stereocenters. The molecule has 2 aromatic rings. The van der Waals surface area contributed by atoms with Crippen LogP contribution >= 0.6 is 0 Å². The quantitative estimate of drug-likeness (QED) is 0.778. The predicted molar refractivity (Wildman–Crippen MR) is 73.7 cm³/mol. The summed E-state index contributed by atoms with van der Waals surface area (Å²) >= 11 is 0. The number of methoxy groups -OCH3 is 1. The Bertz CT molecular complexity index is 526. The van der Waals surface area contributed by atoms with Crippen LogP contribution in [0.2, 0.25) is 0 Å². The fourth-order valence-corrected chi connectivity index (χ4v) is 1.93. The van der Waals surface area contributed by atoms with E-state index in [1.807, 2.05) is 4.57 Å². The molecule has 0 fully saturated rings. The number of likely N-dealkylation sites (N-methyl/N-ethyl adjacent to an activating group) is 1. The lowest BCUT2D eigenvalue weighted by atomic mass is 10.4. The monoisotopic (exact) mass is 264 g/mol. The highest BCUT2D eigenvalue weighted by Crippen LogP contribution is 2.14. The smallest absolute Gasteiger partial charge is 0.165 e. The van der Waals surface area contributed by atoms with E-state index in [0.29, 0.717) is 11.3 Å². The average molecular weight is 264 g/mol. The van der Waals surface area contributed by atoms with Gasteiger partial charge in [0.1, 0.15) is 11.8 Å². The second-order valence-electron chi connectivity index (χ2n) is 4.52. The summed E-state index contributed by atoms with van der Waals surface area (Å²) in [5.74, 6) is 0.431. The van der Waals surface area contributed by atoms with E-state index in [0.717, 1.165) is 38.3 Å². The molecule has 0 aromatic carbocycles. The summed E-state index contributed by atoms with van der Waals surface area (Å²) in [6.07, 6.45) is 4.26. The Morgan fingerprint density at radius 3 is 2.95 bits per heavy atom. The molecule has 0 bridgehead atoms. The van der Waals surface area contributed by atoms with Gasteiger partial charge in [-0.3, -0.25) is 0 Å². The van der Waals surface area contributed by atoms with Crippen molar-refractivity contribution in [1.82, 2.24) is 24.4 Å². The molecule has 19 heavy (non-hydrogen) atoms. The van der Waals surface area contributed by atoms with Gasteiger partial charge in [0, 0.05) is 20.2 Å². The number of nitrogens with zero attached hydrogens (tertiary/aromatic N) is 5. The Hall–Kier alpha value is -1.73. The third-order valence-corrected chi connectivity index (χ3v) is 3.05. The minimum atomic E-state index is 0.431. The Morgan fingerprint density at radius 2 is 2.16 bits per heavy atom. The highest BCUT2D eigenvalue weighted by Gasteiger charge is 2.07. The normalized spacial score (nSPS) is 11.5. The molecular formula is C12H20N6O. The number of fused-ring (bicyclic) bond motifs is 1. The number of aryl methyl sites for hydroxylation is 1. The van der Waals surface area contributed by atoms with Gasteiger partial charge in [0.15, 0.2) is 11.5 Å². The molecule has 0 aliphatic heterocycles. The summed E-state index contributed by atoms with van der Waals surface area (Å²) in [5, 5.41) is 0. The van der Waals surface area contributed by atoms with Crippen LogP contribution < -0.4 is 5.73 Å². The number of imidazole rings is 1. The van der Waals surface area contributed by atoms with Gasteiger partial charge in [0.25, 0.3) is 0 Å². The van der Waals surface area contributed by atoms with Gasteiger partial charge >= 0.3 is 0 Å². The first-order valence-corrected chi connectivity index (χ1v) is 6.31. The molecule has 2 N–H and O–H groups in total. The van der Waals surface area contributed by atoms with E-state index in [-0.39, 0.29) is 0 Å². The lowest BCUT2D eigenvalue weighted by Crippen LogP contribution is -2.24. The molecular weight excluding hydrogens is 244 g/mol. The van der Waals surface area contributed by atoms with E-state index < -0.39 is 0 Å². The predicted octanol–water partition coefficient (Wildman–Crippen LogP) is 0.377. The topological polar surface area (TPSA) is 82.1 Å². The van der Waals surface area contributed by atoms with Gasteiger partial charge in [0.05, 0.1) is 12.9 Å². The zero-order chi connectivity index (χ0) is 13.7. The molecule has 0 amide bonds. The van der Waals surface area contributed by atoms with Crippen molar-refractivity contribution in [3.8, 4) is 0 Å². The van der Waals surface area contributed by atoms with Gasteiger partial charge in [-0.15, -0.1) is 0 Å². The SMILES string of the molecule is COCCN(C)CCCn1cnc2c(N)ncnc21. The molecule has 0 aliphatic carbocycles. The first-order valence-electron chi connectivity index (χ1n) is 6.31. The molecule has 2 aromatic heterocycles. The van der Waals surface area contributed by atoms with Crippen molar-refractivity contribution >= 4 is 17.0 Å². The van der Waals surface area contributed by atoms with Crippen LogP contribution in [0.4, 0.5) is 5.82 Å². The lowest BCUT2D eigenvalue weighted by Gasteiger charge is -2.15. The molecule has 0 aliphatic rings. The van der Waals surface area contributed by atoms with Crippen LogP contribution in [0.3, 0.4) is 0 Å². The van der Waals surface area contributed by atoms with Crippen molar-refractivity contribution in [3.63, 3.8) is 0 Å². The largest absolute Gasteiger partial charge is 0.383 e. The lowest BCUT2D eigenvalue weighted by molar-refractivity contribution is 0.160. The first-order chi connectivity index (χ1) is 9.22. The van der Waals surface area contributed by atoms with Gasteiger partial charge < -0.3 is 19.9 Å². The molecule has 0 saturated heterocycles. The third-order valence-electron chi connectivity index (χ3n) is 3.05. The summed E-state index contributed by atoms with van der Waals surface area (Å²) < 4.78 is 7.06. The third kappa shape index (κ3) is 3.39. The molecule has 7 nitrogen and oxygen atoms in total. The summed E-state index contributed by atoms with van der Waals surface area (Å²) in [5.41, 5.74) is 7.23. The van der Waals surface area contributed by atoms with Gasteiger partial charge in [-0.1, -0.05) is 0 Å². The molecule has 0 saturated carbocycles. The van der Waals surface area contributed by atoms with Crippen molar-refractivity contribution in [2.75, 3.05) is 39.6 Å².